The second kappa shape index (κ2) is 8.67. The molecule has 1 aliphatic rings. The number of carbonyl (C=O) groups excluding carboxylic acids is 2. The molecule has 1 unspecified atom stereocenters. The molecule has 1 aromatic rings. The molecule has 0 aliphatic carbocycles. The molecule has 1 fully saturated rings. The molecule has 1 atom stereocenters. The van der Waals surface area contributed by atoms with Gasteiger partial charge in [0.1, 0.15) is 0 Å². The number of ether oxygens (including phenoxy) is 1. The number of hydrogen-bond acceptors (Lipinski definition) is 4. The third-order valence-corrected chi connectivity index (χ3v) is 4.44. The van der Waals surface area contributed by atoms with Crippen LogP contribution >= 0.6 is 0 Å². The molecule has 1 saturated heterocycles. The van der Waals surface area contributed by atoms with Crippen LogP contribution in [0.15, 0.2) is 24.3 Å². The van der Waals surface area contributed by atoms with E-state index in [2.05, 4.69) is 21.9 Å². The van der Waals surface area contributed by atoms with Crippen LogP contribution in [0.5, 0.6) is 0 Å². The lowest BCUT2D eigenvalue weighted by Crippen LogP contribution is -2.40. The van der Waals surface area contributed by atoms with Gasteiger partial charge in [0.15, 0.2) is 0 Å². The summed E-state index contributed by atoms with van der Waals surface area (Å²) in [6, 6.07) is 7.37. The van der Waals surface area contributed by atoms with E-state index in [1.807, 2.05) is 0 Å². The third-order valence-electron chi connectivity index (χ3n) is 4.44. The number of amides is 1. The van der Waals surface area contributed by atoms with E-state index in [1.165, 1.54) is 26.4 Å². The molecule has 0 bridgehead atoms. The Morgan fingerprint density at radius 1 is 1.26 bits per heavy atom. The van der Waals surface area contributed by atoms with Gasteiger partial charge in [0, 0.05) is 24.7 Å². The zero-order valence-corrected chi connectivity index (χ0v) is 14.0. The predicted molar refractivity (Wildman–Crippen MR) is 90.5 cm³/mol. The average Bonchev–Trinajstić information content (AvgIpc) is 2.60. The lowest BCUT2D eigenvalue weighted by Gasteiger charge is -2.35. The first kappa shape index (κ1) is 17.5. The van der Waals surface area contributed by atoms with Gasteiger partial charge in [-0.2, -0.15) is 0 Å². The highest BCUT2D eigenvalue weighted by molar-refractivity contribution is 5.93. The minimum atomic E-state index is -0.376. The standard InChI is InChI=1S/C18H26N2O3/c1-3-16-6-4-5-12-20(16)13-11-17(21)19-15-9-7-14(8-10-15)18(22)23-2/h7-10,16H,3-6,11-13H2,1-2H3,(H,19,21). The fourth-order valence-electron chi connectivity index (χ4n) is 3.09. The van der Waals surface area contributed by atoms with E-state index in [0.717, 1.165) is 19.5 Å². The fraction of sp³-hybridized carbons (Fsp3) is 0.556. The van der Waals surface area contributed by atoms with Gasteiger partial charge in [0.25, 0.3) is 0 Å². The zero-order chi connectivity index (χ0) is 16.7. The first-order valence-electron chi connectivity index (χ1n) is 8.36. The number of carbonyl (C=O) groups is 2. The van der Waals surface area contributed by atoms with Gasteiger partial charge in [0.05, 0.1) is 12.7 Å². The van der Waals surface area contributed by atoms with Gasteiger partial charge < -0.3 is 10.1 Å². The molecule has 2 rings (SSSR count). The van der Waals surface area contributed by atoms with Gasteiger partial charge in [-0.1, -0.05) is 13.3 Å². The van der Waals surface area contributed by atoms with E-state index in [0.29, 0.717) is 23.7 Å². The number of methoxy groups -OCH3 is 1. The largest absolute Gasteiger partial charge is 0.465 e. The van der Waals surface area contributed by atoms with Crippen LogP contribution in [0.25, 0.3) is 0 Å². The van der Waals surface area contributed by atoms with Crippen molar-refractivity contribution >= 4 is 17.6 Å². The smallest absolute Gasteiger partial charge is 0.337 e. The number of nitrogens with zero attached hydrogens (tertiary/aromatic N) is 1. The lowest BCUT2D eigenvalue weighted by molar-refractivity contribution is -0.116. The molecule has 1 amide bonds. The fourth-order valence-corrected chi connectivity index (χ4v) is 3.09. The SMILES string of the molecule is CCC1CCCCN1CCC(=O)Nc1ccc(C(=O)OC)cc1. The second-order valence-electron chi connectivity index (χ2n) is 5.96. The average molecular weight is 318 g/mol. The van der Waals surface area contributed by atoms with Gasteiger partial charge in [-0.15, -0.1) is 0 Å². The summed E-state index contributed by atoms with van der Waals surface area (Å²) in [5.41, 5.74) is 1.18. The highest BCUT2D eigenvalue weighted by Crippen LogP contribution is 2.19. The summed E-state index contributed by atoms with van der Waals surface area (Å²) in [6.45, 7) is 4.12. The molecule has 0 saturated carbocycles. The Labute approximate surface area is 138 Å². The normalized spacial score (nSPS) is 18.4. The number of anilines is 1. The molecule has 0 spiro atoms. The third kappa shape index (κ3) is 5.06. The van der Waals surface area contributed by atoms with Crippen LogP contribution in [0.2, 0.25) is 0 Å². The predicted octanol–water partition coefficient (Wildman–Crippen LogP) is 3.07. The maximum Gasteiger partial charge on any atom is 0.337 e. The molecule has 1 aliphatic heterocycles. The van der Waals surface area contributed by atoms with Crippen molar-refractivity contribution in [2.45, 2.75) is 45.1 Å². The first-order valence-corrected chi connectivity index (χ1v) is 8.36. The Morgan fingerprint density at radius 2 is 2.00 bits per heavy atom. The Balaban J connectivity index is 1.81. The Kier molecular flexibility index (Phi) is 6.59. The van der Waals surface area contributed by atoms with Crippen LogP contribution < -0.4 is 5.32 Å². The molecule has 1 aromatic carbocycles. The zero-order valence-electron chi connectivity index (χ0n) is 14.0. The summed E-state index contributed by atoms with van der Waals surface area (Å²) in [7, 11) is 1.35. The Hall–Kier alpha value is -1.88. The van der Waals surface area contributed by atoms with Crippen molar-refractivity contribution in [2.24, 2.45) is 0 Å². The van der Waals surface area contributed by atoms with E-state index >= 15 is 0 Å². The van der Waals surface area contributed by atoms with E-state index in [4.69, 9.17) is 0 Å². The summed E-state index contributed by atoms with van der Waals surface area (Å²) < 4.78 is 4.65. The number of esters is 1. The Bertz CT molecular complexity index is 528. The summed E-state index contributed by atoms with van der Waals surface area (Å²) in [4.78, 5) is 25.9. The molecule has 5 heteroatoms. The lowest BCUT2D eigenvalue weighted by atomic mass is 10.00. The van der Waals surface area contributed by atoms with E-state index < -0.39 is 0 Å². The van der Waals surface area contributed by atoms with Crippen molar-refractivity contribution < 1.29 is 14.3 Å². The van der Waals surface area contributed by atoms with Crippen molar-refractivity contribution in [1.82, 2.24) is 4.90 Å². The number of piperidine rings is 1. The number of hydrogen-bond donors (Lipinski definition) is 1. The van der Waals surface area contributed by atoms with Gasteiger partial charge in [-0.25, -0.2) is 4.79 Å². The van der Waals surface area contributed by atoms with Crippen molar-refractivity contribution in [3.63, 3.8) is 0 Å². The summed E-state index contributed by atoms with van der Waals surface area (Å²) >= 11 is 0. The summed E-state index contributed by atoms with van der Waals surface area (Å²) in [6.07, 6.45) is 5.42. The van der Waals surface area contributed by atoms with Crippen molar-refractivity contribution in [3.8, 4) is 0 Å². The molecule has 23 heavy (non-hydrogen) atoms. The second-order valence-corrected chi connectivity index (χ2v) is 5.96. The van der Waals surface area contributed by atoms with Crippen molar-refractivity contribution in [3.05, 3.63) is 29.8 Å². The topological polar surface area (TPSA) is 58.6 Å². The Morgan fingerprint density at radius 3 is 2.65 bits per heavy atom. The van der Waals surface area contributed by atoms with Crippen LogP contribution in [0, 0.1) is 0 Å². The minimum Gasteiger partial charge on any atom is -0.465 e. The maximum absolute atomic E-state index is 12.1. The number of rotatable bonds is 6. The molecule has 5 nitrogen and oxygen atoms in total. The molecule has 1 heterocycles. The quantitative estimate of drug-likeness (QED) is 0.819. The van der Waals surface area contributed by atoms with E-state index in [1.54, 1.807) is 24.3 Å². The van der Waals surface area contributed by atoms with Gasteiger partial charge >= 0.3 is 5.97 Å². The van der Waals surface area contributed by atoms with Crippen molar-refractivity contribution in [2.75, 3.05) is 25.5 Å². The molecule has 0 radical (unpaired) electrons. The number of nitrogens with one attached hydrogen (secondary N) is 1. The molecule has 0 aromatic heterocycles. The van der Waals surface area contributed by atoms with Crippen LogP contribution in [0.1, 0.15) is 49.4 Å². The molecule has 126 valence electrons. The highest BCUT2D eigenvalue weighted by atomic mass is 16.5. The molecule has 1 N–H and O–H groups in total. The van der Waals surface area contributed by atoms with Gasteiger partial charge in [-0.3, -0.25) is 9.69 Å². The number of benzene rings is 1. The van der Waals surface area contributed by atoms with Gasteiger partial charge in [-0.05, 0) is 50.1 Å². The van der Waals surface area contributed by atoms with Crippen LogP contribution in [-0.2, 0) is 9.53 Å². The monoisotopic (exact) mass is 318 g/mol. The van der Waals surface area contributed by atoms with Gasteiger partial charge in [0.2, 0.25) is 5.91 Å². The first-order chi connectivity index (χ1) is 11.1. The highest BCUT2D eigenvalue weighted by Gasteiger charge is 2.20. The minimum absolute atomic E-state index is 0.0104. The number of likely N-dealkylation sites (tertiary alicyclic amines) is 1. The molecular formula is C18H26N2O3. The summed E-state index contributed by atoms with van der Waals surface area (Å²) in [5.74, 6) is -0.366. The maximum atomic E-state index is 12.1. The van der Waals surface area contributed by atoms with Crippen LogP contribution in [0.3, 0.4) is 0 Å². The summed E-state index contributed by atoms with van der Waals surface area (Å²) in [5, 5.41) is 2.88. The van der Waals surface area contributed by atoms with E-state index in [-0.39, 0.29) is 11.9 Å². The van der Waals surface area contributed by atoms with Crippen LogP contribution in [0.4, 0.5) is 5.69 Å². The van der Waals surface area contributed by atoms with E-state index in [9.17, 15) is 9.59 Å². The van der Waals surface area contributed by atoms with Crippen LogP contribution in [-0.4, -0.2) is 43.0 Å². The molecular weight excluding hydrogens is 292 g/mol. The van der Waals surface area contributed by atoms with Crippen molar-refractivity contribution in [1.29, 1.82) is 0 Å².